The summed E-state index contributed by atoms with van der Waals surface area (Å²) in [5.74, 6) is 0. The fourth-order valence-electron chi connectivity index (χ4n) is 1.51. The SMILES string of the molecule is C=CCCC(O)c1cc(C)nn1CC. The molecule has 78 valence electrons. The predicted molar refractivity (Wildman–Crippen MR) is 57.0 cm³/mol. The summed E-state index contributed by atoms with van der Waals surface area (Å²) in [6.45, 7) is 8.40. The highest BCUT2D eigenvalue weighted by molar-refractivity contribution is 5.11. The summed E-state index contributed by atoms with van der Waals surface area (Å²) in [6, 6.07) is 1.94. The lowest BCUT2D eigenvalue weighted by Gasteiger charge is -2.10. The molecule has 1 unspecified atom stereocenters. The standard InChI is InChI=1S/C11H18N2O/c1-4-6-7-11(14)10-8-9(3)12-13(10)5-2/h4,8,11,14H,1,5-7H2,2-3H3. The van der Waals surface area contributed by atoms with Crippen molar-refractivity contribution in [3.05, 3.63) is 30.1 Å². The zero-order valence-corrected chi connectivity index (χ0v) is 8.90. The van der Waals surface area contributed by atoms with Crippen molar-refractivity contribution >= 4 is 0 Å². The fourth-order valence-corrected chi connectivity index (χ4v) is 1.51. The molecule has 3 heteroatoms. The molecule has 1 aromatic rings. The summed E-state index contributed by atoms with van der Waals surface area (Å²) >= 11 is 0. The molecule has 0 amide bonds. The number of aryl methyl sites for hydroxylation is 2. The third-order valence-electron chi connectivity index (χ3n) is 2.22. The van der Waals surface area contributed by atoms with Gasteiger partial charge in [0.1, 0.15) is 0 Å². The minimum Gasteiger partial charge on any atom is -0.387 e. The summed E-state index contributed by atoms with van der Waals surface area (Å²) in [5, 5.41) is 14.2. The summed E-state index contributed by atoms with van der Waals surface area (Å²) < 4.78 is 1.85. The van der Waals surface area contributed by atoms with Crippen LogP contribution in [0.5, 0.6) is 0 Å². The highest BCUT2D eigenvalue weighted by atomic mass is 16.3. The van der Waals surface area contributed by atoms with Gasteiger partial charge in [-0.25, -0.2) is 0 Å². The lowest BCUT2D eigenvalue weighted by molar-refractivity contribution is 0.158. The molecule has 0 aliphatic rings. The lowest BCUT2D eigenvalue weighted by atomic mass is 10.1. The lowest BCUT2D eigenvalue weighted by Crippen LogP contribution is -2.07. The van der Waals surface area contributed by atoms with Crippen LogP contribution in [0, 0.1) is 6.92 Å². The zero-order valence-electron chi connectivity index (χ0n) is 8.90. The van der Waals surface area contributed by atoms with E-state index in [1.165, 1.54) is 0 Å². The average Bonchev–Trinajstić information content (AvgIpc) is 2.56. The van der Waals surface area contributed by atoms with Crippen LogP contribution in [0.15, 0.2) is 18.7 Å². The summed E-state index contributed by atoms with van der Waals surface area (Å²) in [7, 11) is 0. The number of aromatic nitrogens is 2. The van der Waals surface area contributed by atoms with Crippen molar-refractivity contribution in [3.8, 4) is 0 Å². The smallest absolute Gasteiger partial charge is 0.0959 e. The second-order valence-corrected chi connectivity index (χ2v) is 3.41. The normalized spacial score (nSPS) is 12.8. The van der Waals surface area contributed by atoms with Gasteiger partial charge in [0, 0.05) is 6.54 Å². The molecule has 3 nitrogen and oxygen atoms in total. The number of allylic oxidation sites excluding steroid dienone is 1. The van der Waals surface area contributed by atoms with Crippen molar-refractivity contribution < 1.29 is 5.11 Å². The third-order valence-corrected chi connectivity index (χ3v) is 2.22. The van der Waals surface area contributed by atoms with Crippen molar-refractivity contribution in [1.82, 2.24) is 9.78 Å². The first-order valence-corrected chi connectivity index (χ1v) is 5.02. The Morgan fingerprint density at radius 1 is 1.71 bits per heavy atom. The summed E-state index contributed by atoms with van der Waals surface area (Å²) in [6.07, 6.45) is 2.95. The van der Waals surface area contributed by atoms with E-state index in [1.54, 1.807) is 0 Å². The van der Waals surface area contributed by atoms with Gasteiger partial charge in [0.25, 0.3) is 0 Å². The van der Waals surface area contributed by atoms with E-state index in [9.17, 15) is 5.11 Å². The van der Waals surface area contributed by atoms with Gasteiger partial charge in [-0.3, -0.25) is 4.68 Å². The van der Waals surface area contributed by atoms with Gasteiger partial charge < -0.3 is 5.11 Å². The Hall–Kier alpha value is -1.09. The van der Waals surface area contributed by atoms with Crippen molar-refractivity contribution in [2.24, 2.45) is 0 Å². The number of rotatable bonds is 5. The predicted octanol–water partition coefficient (Wildman–Crippen LogP) is 2.21. The molecule has 0 radical (unpaired) electrons. The largest absolute Gasteiger partial charge is 0.387 e. The molecule has 0 aliphatic carbocycles. The minimum absolute atomic E-state index is 0.422. The Balaban J connectivity index is 2.76. The topological polar surface area (TPSA) is 38.1 Å². The van der Waals surface area contributed by atoms with Crippen molar-refractivity contribution in [3.63, 3.8) is 0 Å². The molecule has 1 N–H and O–H groups in total. The number of aliphatic hydroxyl groups excluding tert-OH is 1. The Labute approximate surface area is 85.1 Å². The summed E-state index contributed by atoms with van der Waals surface area (Å²) in [4.78, 5) is 0. The monoisotopic (exact) mass is 194 g/mol. The molecule has 14 heavy (non-hydrogen) atoms. The Kier molecular flexibility index (Phi) is 3.89. The van der Waals surface area contributed by atoms with E-state index < -0.39 is 6.10 Å². The quantitative estimate of drug-likeness (QED) is 0.730. The second kappa shape index (κ2) is 4.96. The molecule has 0 spiro atoms. The molecule has 0 aliphatic heterocycles. The van der Waals surface area contributed by atoms with E-state index in [1.807, 2.05) is 30.7 Å². The molecule has 0 saturated carbocycles. The van der Waals surface area contributed by atoms with Crippen LogP contribution in [0.2, 0.25) is 0 Å². The van der Waals surface area contributed by atoms with E-state index >= 15 is 0 Å². The summed E-state index contributed by atoms with van der Waals surface area (Å²) in [5.41, 5.74) is 1.87. The van der Waals surface area contributed by atoms with Gasteiger partial charge in [-0.05, 0) is 32.8 Å². The Bertz CT molecular complexity index is 304. The average molecular weight is 194 g/mol. The van der Waals surface area contributed by atoms with Crippen LogP contribution in [-0.4, -0.2) is 14.9 Å². The number of hydrogen-bond acceptors (Lipinski definition) is 2. The molecule has 0 aromatic carbocycles. The van der Waals surface area contributed by atoms with E-state index in [0.29, 0.717) is 6.42 Å². The van der Waals surface area contributed by atoms with E-state index in [0.717, 1.165) is 24.4 Å². The minimum atomic E-state index is -0.422. The molecular formula is C11H18N2O. The first-order valence-electron chi connectivity index (χ1n) is 5.02. The Morgan fingerprint density at radius 2 is 2.43 bits per heavy atom. The van der Waals surface area contributed by atoms with Gasteiger partial charge in [0.15, 0.2) is 0 Å². The van der Waals surface area contributed by atoms with Crippen LogP contribution >= 0.6 is 0 Å². The molecule has 1 heterocycles. The highest BCUT2D eigenvalue weighted by Gasteiger charge is 2.12. The first-order chi connectivity index (χ1) is 6.69. The van der Waals surface area contributed by atoms with Crippen LogP contribution in [0.25, 0.3) is 0 Å². The molecule has 1 aromatic heterocycles. The van der Waals surface area contributed by atoms with Gasteiger partial charge in [-0.15, -0.1) is 6.58 Å². The van der Waals surface area contributed by atoms with Crippen LogP contribution in [0.4, 0.5) is 0 Å². The maximum atomic E-state index is 9.87. The third kappa shape index (κ3) is 2.45. The van der Waals surface area contributed by atoms with E-state index in [4.69, 9.17) is 0 Å². The van der Waals surface area contributed by atoms with Crippen molar-refractivity contribution in [2.75, 3.05) is 0 Å². The fraction of sp³-hybridized carbons (Fsp3) is 0.545. The van der Waals surface area contributed by atoms with Gasteiger partial charge in [0.2, 0.25) is 0 Å². The number of aliphatic hydroxyl groups is 1. The maximum Gasteiger partial charge on any atom is 0.0959 e. The molecule has 0 fully saturated rings. The molecule has 0 bridgehead atoms. The number of nitrogens with zero attached hydrogens (tertiary/aromatic N) is 2. The van der Waals surface area contributed by atoms with Gasteiger partial charge in [-0.2, -0.15) is 5.10 Å². The van der Waals surface area contributed by atoms with Crippen LogP contribution in [0.1, 0.15) is 37.3 Å². The molecule has 1 atom stereocenters. The van der Waals surface area contributed by atoms with Gasteiger partial charge >= 0.3 is 0 Å². The molecule has 1 rings (SSSR count). The number of hydrogen-bond donors (Lipinski definition) is 1. The van der Waals surface area contributed by atoms with Crippen molar-refractivity contribution in [1.29, 1.82) is 0 Å². The Morgan fingerprint density at radius 3 is 3.00 bits per heavy atom. The van der Waals surface area contributed by atoms with Crippen LogP contribution in [0.3, 0.4) is 0 Å². The van der Waals surface area contributed by atoms with Crippen LogP contribution < -0.4 is 0 Å². The second-order valence-electron chi connectivity index (χ2n) is 3.41. The maximum absolute atomic E-state index is 9.87. The zero-order chi connectivity index (χ0) is 10.6. The first kappa shape index (κ1) is 11.0. The van der Waals surface area contributed by atoms with Crippen molar-refractivity contribution in [2.45, 2.75) is 39.3 Å². The van der Waals surface area contributed by atoms with E-state index in [-0.39, 0.29) is 0 Å². The molecule has 0 saturated heterocycles. The molecular weight excluding hydrogens is 176 g/mol. The van der Waals surface area contributed by atoms with E-state index in [2.05, 4.69) is 11.7 Å². The van der Waals surface area contributed by atoms with Gasteiger partial charge in [-0.1, -0.05) is 6.08 Å². The van der Waals surface area contributed by atoms with Gasteiger partial charge in [0.05, 0.1) is 17.5 Å². The van der Waals surface area contributed by atoms with Crippen LogP contribution in [-0.2, 0) is 6.54 Å². The highest BCUT2D eigenvalue weighted by Crippen LogP contribution is 2.19.